The fraction of sp³-hybridized carbons (Fsp3) is 0.722. The minimum absolute atomic E-state index is 0.101. The molecule has 0 bridgehead atoms. The summed E-state index contributed by atoms with van der Waals surface area (Å²) >= 11 is 1.52. The minimum atomic E-state index is -1.45. The van der Waals surface area contributed by atoms with Crippen LogP contribution in [-0.2, 0) is 16.9 Å². The Bertz CT molecular complexity index is 461. The van der Waals surface area contributed by atoms with E-state index in [1.54, 1.807) is 0 Å². The van der Waals surface area contributed by atoms with Crippen LogP contribution in [0.3, 0.4) is 0 Å². The van der Waals surface area contributed by atoms with Crippen molar-refractivity contribution < 1.29 is 15.0 Å². The second-order valence-electron chi connectivity index (χ2n) is 6.15. The van der Waals surface area contributed by atoms with Gasteiger partial charge in [-0.15, -0.1) is 11.3 Å². The van der Waals surface area contributed by atoms with Crippen LogP contribution in [0, 0.1) is 0 Å². The SMILES string of the molecule is CCCCCCCCCc1ccc(C(O)(CCO)NC(C)=O)s1. The molecule has 0 aliphatic heterocycles. The maximum Gasteiger partial charge on any atom is 0.219 e. The molecule has 0 aliphatic carbocycles. The van der Waals surface area contributed by atoms with Crippen LogP contribution in [-0.4, -0.2) is 22.7 Å². The van der Waals surface area contributed by atoms with Crippen LogP contribution in [0.15, 0.2) is 12.1 Å². The number of rotatable bonds is 12. The van der Waals surface area contributed by atoms with E-state index in [-0.39, 0.29) is 18.9 Å². The minimum Gasteiger partial charge on any atom is -0.396 e. The predicted octanol–water partition coefficient (Wildman–Crippen LogP) is 3.70. The molecule has 132 valence electrons. The summed E-state index contributed by atoms with van der Waals surface area (Å²) in [6.07, 6.45) is 10.1. The standard InChI is InChI=1S/C18H31NO3S/c1-3-4-5-6-7-8-9-10-16-11-12-17(23-16)18(22,13-14-20)19-15(2)21/h11-12,20,22H,3-10,13-14H2,1-2H3,(H,19,21). The molecule has 1 atom stereocenters. The molecule has 5 heteroatoms. The maximum absolute atomic E-state index is 11.3. The van der Waals surface area contributed by atoms with Crippen LogP contribution < -0.4 is 5.32 Å². The van der Waals surface area contributed by atoms with Gasteiger partial charge in [0, 0.05) is 24.8 Å². The molecule has 1 aromatic heterocycles. The van der Waals surface area contributed by atoms with Gasteiger partial charge in [-0.05, 0) is 25.0 Å². The highest BCUT2D eigenvalue weighted by atomic mass is 32.1. The third-order valence-corrected chi connectivity index (χ3v) is 5.25. The number of hydrogen-bond acceptors (Lipinski definition) is 4. The van der Waals surface area contributed by atoms with E-state index < -0.39 is 5.72 Å². The first-order valence-corrected chi connectivity index (χ1v) is 9.54. The summed E-state index contributed by atoms with van der Waals surface area (Å²) in [5.74, 6) is -0.303. The smallest absolute Gasteiger partial charge is 0.219 e. The molecule has 1 amide bonds. The summed E-state index contributed by atoms with van der Waals surface area (Å²) in [7, 11) is 0. The molecule has 23 heavy (non-hydrogen) atoms. The van der Waals surface area contributed by atoms with E-state index in [4.69, 9.17) is 5.11 Å². The van der Waals surface area contributed by atoms with E-state index in [1.807, 2.05) is 12.1 Å². The molecule has 0 radical (unpaired) electrons. The van der Waals surface area contributed by atoms with Gasteiger partial charge in [-0.1, -0.05) is 45.4 Å². The van der Waals surface area contributed by atoms with E-state index in [0.717, 1.165) is 12.8 Å². The Labute approximate surface area is 143 Å². The van der Waals surface area contributed by atoms with Crippen molar-refractivity contribution in [3.63, 3.8) is 0 Å². The molecule has 0 aliphatic rings. The summed E-state index contributed by atoms with van der Waals surface area (Å²) in [6, 6.07) is 3.87. The van der Waals surface area contributed by atoms with Gasteiger partial charge in [-0.2, -0.15) is 0 Å². The highest BCUT2D eigenvalue weighted by Gasteiger charge is 2.31. The first kappa shape index (κ1) is 20.1. The van der Waals surface area contributed by atoms with Crippen molar-refractivity contribution >= 4 is 17.2 Å². The molecule has 0 saturated heterocycles. The van der Waals surface area contributed by atoms with Gasteiger partial charge in [0.2, 0.25) is 5.91 Å². The van der Waals surface area contributed by atoms with Gasteiger partial charge >= 0.3 is 0 Å². The van der Waals surface area contributed by atoms with Crippen molar-refractivity contribution in [2.45, 2.75) is 77.4 Å². The van der Waals surface area contributed by atoms with Crippen molar-refractivity contribution in [1.82, 2.24) is 5.32 Å². The van der Waals surface area contributed by atoms with Gasteiger partial charge in [-0.25, -0.2) is 0 Å². The molecule has 1 aromatic rings. The average Bonchev–Trinajstić information content (AvgIpc) is 2.95. The first-order chi connectivity index (χ1) is 11.0. The molecular formula is C18H31NO3S. The lowest BCUT2D eigenvalue weighted by molar-refractivity contribution is -0.128. The molecule has 1 heterocycles. The topological polar surface area (TPSA) is 69.6 Å². The summed E-state index contributed by atoms with van der Waals surface area (Å²) in [5.41, 5.74) is -1.45. The number of thiophene rings is 1. The highest BCUT2D eigenvalue weighted by molar-refractivity contribution is 7.12. The Morgan fingerprint density at radius 1 is 1.17 bits per heavy atom. The fourth-order valence-electron chi connectivity index (χ4n) is 2.69. The number of aliphatic hydroxyl groups excluding tert-OH is 1. The largest absolute Gasteiger partial charge is 0.396 e. The lowest BCUT2D eigenvalue weighted by Gasteiger charge is -2.26. The Morgan fingerprint density at radius 3 is 2.43 bits per heavy atom. The van der Waals surface area contributed by atoms with Crippen molar-refractivity contribution in [1.29, 1.82) is 0 Å². The average molecular weight is 342 g/mol. The maximum atomic E-state index is 11.3. The zero-order valence-electron chi connectivity index (χ0n) is 14.4. The van der Waals surface area contributed by atoms with Crippen molar-refractivity contribution in [3.05, 3.63) is 21.9 Å². The third-order valence-electron chi connectivity index (χ3n) is 3.95. The molecule has 1 rings (SSSR count). The Balaban J connectivity index is 2.44. The number of unbranched alkanes of at least 4 members (excludes halogenated alkanes) is 6. The van der Waals surface area contributed by atoms with Crippen LogP contribution in [0.2, 0.25) is 0 Å². The predicted molar refractivity (Wildman–Crippen MR) is 95.4 cm³/mol. The second kappa shape index (κ2) is 10.8. The number of aliphatic hydroxyl groups is 2. The monoisotopic (exact) mass is 341 g/mol. The summed E-state index contributed by atoms with van der Waals surface area (Å²) in [4.78, 5) is 13.2. The number of nitrogens with one attached hydrogen (secondary N) is 1. The Morgan fingerprint density at radius 2 is 1.83 bits per heavy atom. The van der Waals surface area contributed by atoms with Crippen LogP contribution in [0.1, 0.15) is 75.0 Å². The van der Waals surface area contributed by atoms with E-state index in [0.29, 0.717) is 4.88 Å². The normalized spacial score (nSPS) is 13.7. The Hall–Kier alpha value is -0.910. The lowest BCUT2D eigenvalue weighted by atomic mass is 10.1. The second-order valence-corrected chi connectivity index (χ2v) is 7.32. The van der Waals surface area contributed by atoms with Crippen LogP contribution in [0.25, 0.3) is 0 Å². The molecular weight excluding hydrogens is 310 g/mol. The van der Waals surface area contributed by atoms with Gasteiger partial charge in [-0.3, -0.25) is 4.79 Å². The quantitative estimate of drug-likeness (QED) is 0.401. The van der Waals surface area contributed by atoms with Gasteiger partial charge < -0.3 is 15.5 Å². The van der Waals surface area contributed by atoms with Gasteiger partial charge in [0.25, 0.3) is 0 Å². The summed E-state index contributed by atoms with van der Waals surface area (Å²) in [6.45, 7) is 3.42. The zero-order valence-corrected chi connectivity index (χ0v) is 15.3. The first-order valence-electron chi connectivity index (χ1n) is 8.73. The molecule has 3 N–H and O–H groups in total. The number of carbonyl (C=O) groups excluding carboxylic acids is 1. The van der Waals surface area contributed by atoms with E-state index >= 15 is 0 Å². The lowest BCUT2D eigenvalue weighted by Crippen LogP contribution is -2.45. The van der Waals surface area contributed by atoms with Crippen molar-refractivity contribution in [3.8, 4) is 0 Å². The number of carbonyl (C=O) groups is 1. The molecule has 0 fully saturated rings. The van der Waals surface area contributed by atoms with Gasteiger partial charge in [0.15, 0.2) is 5.72 Å². The van der Waals surface area contributed by atoms with Crippen LogP contribution in [0.5, 0.6) is 0 Å². The molecule has 0 spiro atoms. The van der Waals surface area contributed by atoms with Crippen molar-refractivity contribution in [2.75, 3.05) is 6.61 Å². The van der Waals surface area contributed by atoms with E-state index in [9.17, 15) is 9.90 Å². The van der Waals surface area contributed by atoms with Gasteiger partial charge in [0.1, 0.15) is 0 Å². The molecule has 4 nitrogen and oxygen atoms in total. The number of aryl methyl sites for hydroxylation is 1. The number of hydrogen-bond donors (Lipinski definition) is 3. The van der Waals surface area contributed by atoms with Crippen molar-refractivity contribution in [2.24, 2.45) is 0 Å². The van der Waals surface area contributed by atoms with Crippen LogP contribution in [0.4, 0.5) is 0 Å². The Kier molecular flexibility index (Phi) is 9.44. The summed E-state index contributed by atoms with van der Waals surface area (Å²) < 4.78 is 0. The highest BCUT2D eigenvalue weighted by Crippen LogP contribution is 2.30. The molecule has 1 unspecified atom stereocenters. The van der Waals surface area contributed by atoms with Gasteiger partial charge in [0.05, 0.1) is 4.88 Å². The summed E-state index contributed by atoms with van der Waals surface area (Å²) in [5, 5.41) is 22.3. The number of amides is 1. The van der Waals surface area contributed by atoms with Crippen LogP contribution >= 0.6 is 11.3 Å². The van der Waals surface area contributed by atoms with E-state index in [2.05, 4.69) is 12.2 Å². The molecule has 0 aromatic carbocycles. The molecule has 0 saturated carbocycles. The van der Waals surface area contributed by atoms with E-state index in [1.165, 1.54) is 61.7 Å². The third kappa shape index (κ3) is 7.46. The fourth-order valence-corrected chi connectivity index (χ4v) is 3.81. The zero-order chi connectivity index (χ0) is 17.1.